The van der Waals surface area contributed by atoms with Crippen LogP contribution in [0.3, 0.4) is 0 Å². The van der Waals surface area contributed by atoms with E-state index in [-0.39, 0.29) is 24.1 Å². The molecule has 1 amide bonds. The second-order valence-electron chi connectivity index (χ2n) is 7.49. The second kappa shape index (κ2) is 6.07. The molecule has 0 aliphatic carbocycles. The molecule has 2 bridgehead atoms. The molecule has 6 heteroatoms. The number of hydrogen-bond acceptors (Lipinski definition) is 5. The number of methoxy groups -OCH3 is 1. The van der Waals surface area contributed by atoms with Crippen molar-refractivity contribution in [1.82, 2.24) is 4.90 Å². The van der Waals surface area contributed by atoms with Crippen molar-refractivity contribution in [3.63, 3.8) is 0 Å². The summed E-state index contributed by atoms with van der Waals surface area (Å²) in [6, 6.07) is 0.0819. The zero-order chi connectivity index (χ0) is 16.5. The summed E-state index contributed by atoms with van der Waals surface area (Å²) in [6.45, 7) is 6.04. The fourth-order valence-electron chi connectivity index (χ4n) is 3.93. The summed E-state index contributed by atoms with van der Waals surface area (Å²) in [7, 11) is 1.42. The van der Waals surface area contributed by atoms with Gasteiger partial charge in [-0.15, -0.1) is 0 Å². The van der Waals surface area contributed by atoms with Gasteiger partial charge in [-0.25, -0.2) is 4.79 Å². The first-order valence-electron chi connectivity index (χ1n) is 8.02. The van der Waals surface area contributed by atoms with E-state index in [1.165, 1.54) is 7.11 Å². The van der Waals surface area contributed by atoms with E-state index in [1.54, 1.807) is 0 Å². The Balaban J connectivity index is 2.17. The van der Waals surface area contributed by atoms with Gasteiger partial charge in [-0.1, -0.05) is 0 Å². The van der Waals surface area contributed by atoms with E-state index in [0.717, 1.165) is 12.8 Å². The predicted molar refractivity (Wildman–Crippen MR) is 82.2 cm³/mol. The molecule has 2 aliphatic heterocycles. The fourth-order valence-corrected chi connectivity index (χ4v) is 3.93. The van der Waals surface area contributed by atoms with Gasteiger partial charge in [0.05, 0.1) is 12.5 Å². The average Bonchev–Trinajstić information content (AvgIpc) is 2.69. The summed E-state index contributed by atoms with van der Waals surface area (Å²) in [4.78, 5) is 26.6. The Morgan fingerprint density at radius 2 is 1.77 bits per heavy atom. The van der Waals surface area contributed by atoms with Crippen molar-refractivity contribution >= 4 is 12.1 Å². The molecule has 2 rings (SSSR count). The number of rotatable bonds is 3. The van der Waals surface area contributed by atoms with Crippen LogP contribution in [0.5, 0.6) is 0 Å². The van der Waals surface area contributed by atoms with Gasteiger partial charge >= 0.3 is 12.1 Å². The predicted octanol–water partition coefficient (Wildman–Crippen LogP) is 2.06. The van der Waals surface area contributed by atoms with Crippen molar-refractivity contribution < 1.29 is 19.1 Å². The van der Waals surface area contributed by atoms with E-state index >= 15 is 0 Å². The second-order valence-corrected chi connectivity index (χ2v) is 7.49. The maximum absolute atomic E-state index is 12.4. The molecule has 2 heterocycles. The number of piperidine rings is 1. The molecule has 2 aliphatic rings. The topological polar surface area (TPSA) is 81.9 Å². The zero-order valence-electron chi connectivity index (χ0n) is 14.1. The van der Waals surface area contributed by atoms with Crippen molar-refractivity contribution in [2.75, 3.05) is 13.7 Å². The van der Waals surface area contributed by atoms with Crippen LogP contribution >= 0.6 is 0 Å². The van der Waals surface area contributed by atoms with Crippen LogP contribution in [0.2, 0.25) is 0 Å². The lowest BCUT2D eigenvalue weighted by atomic mass is 9.72. The number of hydrogen-bond donors (Lipinski definition) is 1. The molecule has 0 spiro atoms. The Morgan fingerprint density at radius 3 is 2.18 bits per heavy atom. The molecule has 6 nitrogen and oxygen atoms in total. The van der Waals surface area contributed by atoms with E-state index in [1.807, 2.05) is 25.7 Å². The number of carbonyl (C=O) groups is 2. The lowest BCUT2D eigenvalue weighted by Gasteiger charge is -2.44. The van der Waals surface area contributed by atoms with Crippen LogP contribution in [0.1, 0.15) is 52.9 Å². The van der Waals surface area contributed by atoms with Crippen LogP contribution < -0.4 is 5.73 Å². The normalized spacial score (nSPS) is 31.0. The third kappa shape index (κ3) is 3.21. The van der Waals surface area contributed by atoms with E-state index in [9.17, 15) is 9.59 Å². The average molecular weight is 312 g/mol. The lowest BCUT2D eigenvalue weighted by molar-refractivity contribution is -0.158. The van der Waals surface area contributed by atoms with Crippen LogP contribution in [0.4, 0.5) is 4.79 Å². The summed E-state index contributed by atoms with van der Waals surface area (Å²) in [5, 5.41) is 0. The minimum atomic E-state index is -0.548. The smallest absolute Gasteiger partial charge is 0.410 e. The number of carbonyl (C=O) groups excluding carboxylic acids is 2. The molecule has 126 valence electrons. The maximum atomic E-state index is 12.4. The fraction of sp³-hybridized carbons (Fsp3) is 0.875. The highest BCUT2D eigenvalue weighted by Gasteiger charge is 2.54. The molecule has 0 radical (unpaired) electrons. The number of ether oxygens (including phenoxy) is 2. The highest BCUT2D eigenvalue weighted by Crippen LogP contribution is 2.48. The van der Waals surface area contributed by atoms with E-state index < -0.39 is 11.0 Å². The van der Waals surface area contributed by atoms with Crippen molar-refractivity contribution in [1.29, 1.82) is 0 Å². The highest BCUT2D eigenvalue weighted by atomic mass is 16.6. The molecule has 0 aromatic heterocycles. The van der Waals surface area contributed by atoms with Crippen molar-refractivity contribution in [3.05, 3.63) is 0 Å². The molecule has 0 aromatic rings. The van der Waals surface area contributed by atoms with Gasteiger partial charge in [0.2, 0.25) is 0 Å². The first kappa shape index (κ1) is 17.1. The quantitative estimate of drug-likeness (QED) is 0.807. The van der Waals surface area contributed by atoms with Gasteiger partial charge in [0.25, 0.3) is 0 Å². The molecular formula is C16H28N2O4. The van der Waals surface area contributed by atoms with Crippen LogP contribution in [-0.2, 0) is 14.3 Å². The minimum Gasteiger partial charge on any atom is -0.469 e. The van der Waals surface area contributed by atoms with Crippen molar-refractivity contribution in [2.45, 2.75) is 70.6 Å². The van der Waals surface area contributed by atoms with Crippen LogP contribution in [0.25, 0.3) is 0 Å². The third-order valence-electron chi connectivity index (χ3n) is 4.72. The van der Waals surface area contributed by atoms with Crippen LogP contribution in [-0.4, -0.2) is 48.3 Å². The Bertz CT molecular complexity index is 430. The first-order chi connectivity index (χ1) is 10.2. The van der Waals surface area contributed by atoms with Crippen LogP contribution in [0, 0.1) is 5.41 Å². The van der Waals surface area contributed by atoms with Gasteiger partial charge in [-0.3, -0.25) is 4.79 Å². The van der Waals surface area contributed by atoms with E-state index in [4.69, 9.17) is 15.2 Å². The number of esters is 1. The number of nitrogens with two attached hydrogens (primary N) is 1. The van der Waals surface area contributed by atoms with Gasteiger partial charge in [-0.2, -0.15) is 0 Å². The van der Waals surface area contributed by atoms with Crippen molar-refractivity contribution in [3.8, 4) is 0 Å². The van der Waals surface area contributed by atoms with Gasteiger partial charge in [0, 0.05) is 12.1 Å². The summed E-state index contributed by atoms with van der Waals surface area (Å²) in [5.74, 6) is -0.196. The number of amides is 1. The largest absolute Gasteiger partial charge is 0.469 e. The van der Waals surface area contributed by atoms with Crippen molar-refractivity contribution in [2.24, 2.45) is 11.1 Å². The van der Waals surface area contributed by atoms with E-state index in [2.05, 4.69) is 0 Å². The third-order valence-corrected chi connectivity index (χ3v) is 4.72. The van der Waals surface area contributed by atoms with E-state index in [0.29, 0.717) is 25.8 Å². The molecule has 2 fully saturated rings. The van der Waals surface area contributed by atoms with Crippen LogP contribution in [0.15, 0.2) is 0 Å². The lowest BCUT2D eigenvalue weighted by Crippen LogP contribution is -2.54. The molecule has 22 heavy (non-hydrogen) atoms. The Kier molecular flexibility index (Phi) is 4.70. The molecule has 2 saturated heterocycles. The van der Waals surface area contributed by atoms with Gasteiger partial charge < -0.3 is 20.1 Å². The monoisotopic (exact) mass is 312 g/mol. The summed E-state index contributed by atoms with van der Waals surface area (Å²) >= 11 is 0. The molecule has 2 N–H and O–H groups in total. The summed E-state index contributed by atoms with van der Waals surface area (Å²) in [6.07, 6.45) is 3.39. The molecular weight excluding hydrogens is 284 g/mol. The maximum Gasteiger partial charge on any atom is 0.410 e. The highest BCUT2D eigenvalue weighted by molar-refractivity contribution is 5.78. The Morgan fingerprint density at radius 1 is 1.23 bits per heavy atom. The SMILES string of the molecule is COC(=O)C1(CCN)C[C@H]2CC[C@@H](C1)N2C(=O)OC(C)(C)C. The minimum absolute atomic E-state index is 0.0410. The Hall–Kier alpha value is -1.30. The Labute approximate surface area is 132 Å². The first-order valence-corrected chi connectivity index (χ1v) is 8.02. The molecule has 3 atom stereocenters. The van der Waals surface area contributed by atoms with Gasteiger partial charge in [-0.05, 0) is 59.4 Å². The molecule has 0 aromatic carbocycles. The summed E-state index contributed by atoms with van der Waals surface area (Å²) in [5.41, 5.74) is 4.66. The van der Waals surface area contributed by atoms with Gasteiger partial charge in [0.15, 0.2) is 0 Å². The molecule has 1 unspecified atom stereocenters. The number of nitrogens with zero attached hydrogens (tertiary/aromatic N) is 1. The zero-order valence-corrected chi connectivity index (χ0v) is 14.1. The summed E-state index contributed by atoms with van der Waals surface area (Å²) < 4.78 is 10.5. The number of fused-ring (bicyclic) bond motifs is 2. The standard InChI is InChI=1S/C16H28N2O4/c1-15(2,3)22-14(20)18-11-5-6-12(18)10-16(9-11,7-8-17)13(19)21-4/h11-12H,5-10,17H2,1-4H3/t11-,12+,16?. The molecule has 0 saturated carbocycles. The van der Waals surface area contributed by atoms with Gasteiger partial charge in [0.1, 0.15) is 5.60 Å².